The van der Waals surface area contributed by atoms with Gasteiger partial charge in [-0.15, -0.1) is 0 Å². The number of hydrogen-bond acceptors (Lipinski definition) is 16. The number of hydrogen-bond donors (Lipinski definition) is 2. The summed E-state index contributed by atoms with van der Waals surface area (Å²) in [4.78, 5) is 51.3. The summed E-state index contributed by atoms with van der Waals surface area (Å²) >= 11 is 0. The van der Waals surface area contributed by atoms with Crippen LogP contribution in [0.25, 0.3) is 67.5 Å². The fourth-order valence-electron chi connectivity index (χ4n) is 25.5. The number of pyridine rings is 6. The van der Waals surface area contributed by atoms with Gasteiger partial charge in [-0.05, 0) is 338 Å². The molecule has 142 heavy (non-hydrogen) atoms. The first-order valence-corrected chi connectivity index (χ1v) is 52.2. The number of aromatic nitrogens is 18. The maximum Gasteiger partial charge on any atom is 0.213 e. The summed E-state index contributed by atoms with van der Waals surface area (Å²) in [6.45, 7) is 9.01. The lowest BCUT2D eigenvalue weighted by Gasteiger charge is -2.39. The number of rotatable bonds is 20. The van der Waals surface area contributed by atoms with E-state index in [0.29, 0.717) is 162 Å². The fourth-order valence-corrected chi connectivity index (χ4v) is 25.5. The van der Waals surface area contributed by atoms with Crippen molar-refractivity contribution in [2.45, 2.75) is 367 Å². The molecule has 8 saturated carbocycles. The van der Waals surface area contributed by atoms with E-state index in [9.17, 15) is 27.8 Å². The van der Waals surface area contributed by atoms with Crippen LogP contribution in [0.5, 0.6) is 11.8 Å². The predicted molar refractivity (Wildman–Crippen MR) is 527 cm³/mol. The minimum Gasteiger partial charge on any atom is -0.481 e. The Labute approximate surface area is 826 Å². The van der Waals surface area contributed by atoms with E-state index in [2.05, 4.69) is 118 Å². The number of nitrogens with zero attached hydrogens (tertiary/aromatic N) is 18. The number of aliphatic hydroxyl groups is 2. The summed E-state index contributed by atoms with van der Waals surface area (Å²) in [5.74, 6) is 0.211. The number of ether oxygens (including phenoxy) is 2. The highest BCUT2D eigenvalue weighted by molar-refractivity contribution is 5.72. The third-order valence-corrected chi connectivity index (χ3v) is 35.6. The van der Waals surface area contributed by atoms with Gasteiger partial charge >= 0.3 is 0 Å². The van der Waals surface area contributed by atoms with Crippen LogP contribution in [0.4, 0.5) is 35.1 Å². The number of alkyl halides is 6. The van der Waals surface area contributed by atoms with E-state index in [-0.39, 0.29) is 48.5 Å². The summed E-state index contributed by atoms with van der Waals surface area (Å²) in [6, 6.07) is 19.0. The van der Waals surface area contributed by atoms with Crippen molar-refractivity contribution in [2.24, 2.45) is 21.7 Å². The Morgan fingerprint density at radius 2 is 0.556 bits per heavy atom. The Bertz CT molecular complexity index is 6060. The van der Waals surface area contributed by atoms with Crippen molar-refractivity contribution in [1.29, 1.82) is 0 Å². The molecule has 6 aliphatic heterocycles. The van der Waals surface area contributed by atoms with Gasteiger partial charge in [0.1, 0.15) is 34.0 Å². The van der Waals surface area contributed by atoms with Crippen LogP contribution in [0, 0.1) is 33.6 Å². The predicted octanol–water partition coefficient (Wildman–Crippen LogP) is 26.1. The monoisotopic (exact) mass is 1950 g/mol. The number of aliphatic hydroxyl groups excluding tert-OH is 2. The molecule has 6 unspecified atom stereocenters. The second-order valence-corrected chi connectivity index (χ2v) is 45.8. The molecular weight excluding hydrogens is 1810 g/mol. The van der Waals surface area contributed by atoms with Crippen molar-refractivity contribution in [3.63, 3.8) is 0 Å². The molecule has 26 rings (SSSR count). The van der Waals surface area contributed by atoms with Gasteiger partial charge in [0.25, 0.3) is 0 Å². The molecule has 12 aromatic heterocycles. The van der Waals surface area contributed by atoms with Crippen LogP contribution in [-0.2, 0) is 0 Å². The smallest absolute Gasteiger partial charge is 0.213 e. The summed E-state index contributed by atoms with van der Waals surface area (Å²) in [5, 5.41) is 19.1. The molecule has 18 heterocycles. The quantitative estimate of drug-likeness (QED) is 0.0532. The lowest BCUT2D eigenvalue weighted by Crippen LogP contribution is -2.33. The molecule has 2 spiro atoms. The zero-order valence-electron chi connectivity index (χ0n) is 82.7. The molecule has 12 aromatic rings. The molecule has 6 atom stereocenters. The molecule has 22 nitrogen and oxygen atoms in total. The van der Waals surface area contributed by atoms with Crippen LogP contribution in [0.2, 0.25) is 0 Å². The van der Waals surface area contributed by atoms with Gasteiger partial charge in [-0.1, -0.05) is 27.7 Å². The molecule has 14 aliphatic rings. The highest BCUT2D eigenvalue weighted by Crippen LogP contribution is 2.62. The first-order valence-electron chi connectivity index (χ1n) is 52.2. The van der Waals surface area contributed by atoms with E-state index in [1.54, 1.807) is 39.3 Å². The van der Waals surface area contributed by atoms with Crippen LogP contribution in [0.1, 0.15) is 355 Å². The SMILES string of the molecule is CC1(C)CCC(F)(CCC2c3ncccc3-c3cncn32)CC1.CC1(C)CCC(F)(CCC2c3ncccc3-c3cncn32)CC1.COc1ccc2c(n1)C(CCC1(F)CCC3(CC1)CC3)n1cncc1-2.COc1ccc2c(n1)C(CCC1(F)CCC3(CC1)CC3)n1cncc1-2.OC1CCC(F)(CCC2c3cc(F)ncc3-c3cncn32)CC1.OC1CCC(F)(CCC2c3cc(F)ncc3-c3cncn32)CC1. The first kappa shape index (κ1) is 97.2. The Morgan fingerprint density at radius 3 is 0.852 bits per heavy atom. The maximum absolute atomic E-state index is 15.4. The van der Waals surface area contributed by atoms with Crippen LogP contribution in [0.3, 0.4) is 0 Å². The van der Waals surface area contributed by atoms with Crippen molar-refractivity contribution in [3.8, 4) is 79.3 Å². The van der Waals surface area contributed by atoms with Crippen molar-refractivity contribution in [3.05, 3.63) is 206 Å². The van der Waals surface area contributed by atoms with E-state index in [4.69, 9.17) is 9.47 Å². The van der Waals surface area contributed by atoms with E-state index in [0.717, 1.165) is 204 Å². The maximum atomic E-state index is 15.4. The standard InChI is InChI=1S/2C20H24FN3O.2C19H24FN3.2C17H19F2N3O/c2*1-25-17-3-2-14-16-12-22-13-24(16)15(18(14)23-17)4-5-20(21)10-8-19(6-7-19)9-11-20;2*1-18(2)7-9-19(20,10-8-18)6-5-15-17-14(4-3-11-22-17)16-12-21-13-23(15)16;2*18-16-7-12-13(8-21-16)15-9-20-10-22(15)14(12)3-6-17(19)4-1-11(23)2-5-17/h2*2-3,12-13,15H,4-11H2,1H3;2*3-4,11-13,15H,5-10H2,1-2H3;2*7-11,14,23H,1-6H2. The normalized spacial score (nSPS) is 26.1. The van der Waals surface area contributed by atoms with Gasteiger partial charge in [-0.25, -0.2) is 76.2 Å². The van der Waals surface area contributed by atoms with Gasteiger partial charge in [0, 0.05) is 70.3 Å². The number of fused-ring (bicyclic) bond motifs is 18. The third kappa shape index (κ3) is 20.1. The van der Waals surface area contributed by atoms with Gasteiger partial charge in [0.15, 0.2) is 0 Å². The molecule has 0 bridgehead atoms. The summed E-state index contributed by atoms with van der Waals surface area (Å²) in [7, 11) is 3.26. The number of methoxy groups -OCH3 is 2. The van der Waals surface area contributed by atoms with Gasteiger partial charge in [0.05, 0.1) is 195 Å². The highest BCUT2D eigenvalue weighted by Gasteiger charge is 2.53. The summed E-state index contributed by atoms with van der Waals surface area (Å²) in [5.41, 5.74) is 13.4. The topological polar surface area (TPSA) is 243 Å². The van der Waals surface area contributed by atoms with Gasteiger partial charge in [0.2, 0.25) is 23.7 Å². The fraction of sp³-hybridized carbons (Fsp3) is 0.571. The zero-order valence-corrected chi connectivity index (χ0v) is 82.7. The molecule has 0 amide bonds. The Kier molecular flexibility index (Phi) is 26.4. The van der Waals surface area contributed by atoms with Gasteiger partial charge < -0.3 is 47.1 Å². The van der Waals surface area contributed by atoms with Crippen LogP contribution in [-0.4, -0.2) is 158 Å². The molecule has 2 N–H and O–H groups in total. The Morgan fingerprint density at radius 1 is 0.303 bits per heavy atom. The second kappa shape index (κ2) is 38.6. The largest absolute Gasteiger partial charge is 0.481 e. The van der Waals surface area contributed by atoms with Crippen LogP contribution < -0.4 is 9.47 Å². The van der Waals surface area contributed by atoms with E-state index >= 15 is 17.6 Å². The highest BCUT2D eigenvalue weighted by atomic mass is 19.2. The molecule has 8 fully saturated rings. The van der Waals surface area contributed by atoms with Gasteiger partial charge in [-0.3, -0.25) is 9.97 Å². The minimum atomic E-state index is -1.23. The van der Waals surface area contributed by atoms with Crippen molar-refractivity contribution in [1.82, 2.24) is 87.2 Å². The Balaban J connectivity index is 0.000000101. The summed E-state index contributed by atoms with van der Waals surface area (Å²) < 4.78 is 141. The second-order valence-electron chi connectivity index (χ2n) is 45.8. The van der Waals surface area contributed by atoms with Crippen molar-refractivity contribution >= 4 is 0 Å². The molecule has 30 heteroatoms. The zero-order chi connectivity index (χ0) is 98.4. The van der Waals surface area contributed by atoms with Crippen LogP contribution in [0.15, 0.2) is 161 Å². The van der Waals surface area contributed by atoms with E-state index < -0.39 is 45.9 Å². The molecule has 8 aliphatic carbocycles. The van der Waals surface area contributed by atoms with Crippen LogP contribution >= 0.6 is 0 Å². The molecule has 0 saturated heterocycles. The molecule has 0 aromatic carbocycles. The lowest BCUT2D eigenvalue weighted by molar-refractivity contribution is 0.0253. The molecule has 0 radical (unpaired) electrons. The minimum absolute atomic E-state index is 0.0621. The van der Waals surface area contributed by atoms with E-state index in [1.165, 1.54) is 50.2 Å². The Hall–Kier alpha value is -10.9. The first-order chi connectivity index (χ1) is 68.3. The van der Waals surface area contributed by atoms with Crippen molar-refractivity contribution in [2.75, 3.05) is 14.2 Å². The van der Waals surface area contributed by atoms with Crippen molar-refractivity contribution < 1.29 is 54.8 Å². The average Bonchev–Trinajstić information content (AvgIpc) is 1.60. The molecular formula is C112H134F8N18O4. The number of imidazole rings is 6. The molecule has 752 valence electrons. The lowest BCUT2D eigenvalue weighted by atomic mass is 9.70. The van der Waals surface area contributed by atoms with E-state index in [1.807, 2.05) is 108 Å². The summed E-state index contributed by atoms with van der Waals surface area (Å²) in [6.07, 6.45) is 58.2. The average molecular weight is 1950 g/mol. The number of halogens is 8. The van der Waals surface area contributed by atoms with Gasteiger partial charge in [-0.2, -0.15) is 8.78 Å². The third-order valence-electron chi connectivity index (χ3n) is 35.6.